The summed E-state index contributed by atoms with van der Waals surface area (Å²) in [5, 5.41) is 7.14. The highest BCUT2D eigenvalue weighted by Gasteiger charge is 2.27. The minimum atomic E-state index is -0.794. The SMILES string of the molecule is CCOC(C)OC(C)c1nn(-c2cc(OC(C)C3CCCCC3)c(C(=O)Cc3ccc(NC(=O)OC(C)(C)C)cc3C)cc2F)c(=O)n1C. The topological polar surface area (TPSA) is 123 Å². The van der Waals surface area contributed by atoms with Gasteiger partial charge in [0.2, 0.25) is 0 Å². The molecule has 0 aliphatic heterocycles. The quantitative estimate of drug-likeness (QED) is 0.145. The number of benzene rings is 2. The number of carbonyl (C=O) groups excluding carboxylic acids is 2. The van der Waals surface area contributed by atoms with Crippen molar-refractivity contribution < 1.29 is 32.9 Å². The molecule has 49 heavy (non-hydrogen) atoms. The Morgan fingerprint density at radius 2 is 1.78 bits per heavy atom. The van der Waals surface area contributed by atoms with Crippen LogP contribution >= 0.6 is 0 Å². The van der Waals surface area contributed by atoms with Crippen LogP contribution in [0.4, 0.5) is 14.9 Å². The number of aromatic nitrogens is 3. The molecular formula is C37H51FN4O7. The van der Waals surface area contributed by atoms with Crippen LogP contribution in [0.5, 0.6) is 5.75 Å². The molecule has 1 N–H and O–H groups in total. The zero-order valence-corrected chi connectivity index (χ0v) is 30.2. The van der Waals surface area contributed by atoms with E-state index in [2.05, 4.69) is 10.4 Å². The van der Waals surface area contributed by atoms with Crippen LogP contribution in [0, 0.1) is 18.7 Å². The Bertz CT molecular complexity index is 1690. The predicted octanol–water partition coefficient (Wildman–Crippen LogP) is 7.60. The summed E-state index contributed by atoms with van der Waals surface area (Å²) < 4.78 is 41.4. The summed E-state index contributed by atoms with van der Waals surface area (Å²) >= 11 is 0. The number of halogens is 1. The molecule has 1 aliphatic rings. The second-order valence-corrected chi connectivity index (χ2v) is 13.8. The number of rotatable bonds is 13. The van der Waals surface area contributed by atoms with Crippen molar-refractivity contribution in [3.05, 3.63) is 69.1 Å². The molecule has 0 radical (unpaired) electrons. The van der Waals surface area contributed by atoms with Gasteiger partial charge in [-0.3, -0.25) is 14.7 Å². The highest BCUT2D eigenvalue weighted by Crippen LogP contribution is 2.33. The Morgan fingerprint density at radius 3 is 2.41 bits per heavy atom. The van der Waals surface area contributed by atoms with Crippen LogP contribution in [0.15, 0.2) is 35.1 Å². The Hall–Kier alpha value is -4.03. The van der Waals surface area contributed by atoms with Gasteiger partial charge >= 0.3 is 11.8 Å². The summed E-state index contributed by atoms with van der Waals surface area (Å²) in [6, 6.07) is 7.72. The van der Waals surface area contributed by atoms with Gasteiger partial charge in [-0.2, -0.15) is 4.68 Å². The first-order chi connectivity index (χ1) is 23.1. The van der Waals surface area contributed by atoms with E-state index in [1.165, 1.54) is 17.1 Å². The number of ether oxygens (including phenoxy) is 4. The lowest BCUT2D eigenvalue weighted by atomic mass is 9.86. The summed E-state index contributed by atoms with van der Waals surface area (Å²) in [4.78, 5) is 39.5. The Labute approximate surface area is 288 Å². The fourth-order valence-electron chi connectivity index (χ4n) is 6.17. The molecule has 4 rings (SSSR count). The number of aryl methyl sites for hydroxylation is 1. The third kappa shape index (κ3) is 9.78. The molecule has 12 heteroatoms. The van der Waals surface area contributed by atoms with Gasteiger partial charge in [0, 0.05) is 31.8 Å². The summed E-state index contributed by atoms with van der Waals surface area (Å²) in [7, 11) is 1.54. The van der Waals surface area contributed by atoms with Gasteiger partial charge in [-0.1, -0.05) is 25.3 Å². The lowest BCUT2D eigenvalue weighted by Crippen LogP contribution is -2.27. The largest absolute Gasteiger partial charge is 0.490 e. The third-order valence-corrected chi connectivity index (χ3v) is 8.72. The summed E-state index contributed by atoms with van der Waals surface area (Å²) in [5.74, 6) is -0.388. The van der Waals surface area contributed by atoms with E-state index in [1.54, 1.807) is 59.9 Å². The molecule has 0 saturated heterocycles. The van der Waals surface area contributed by atoms with Gasteiger partial charge in [0.15, 0.2) is 17.9 Å². The molecule has 1 heterocycles. The van der Waals surface area contributed by atoms with Crippen molar-refractivity contribution in [1.82, 2.24) is 14.3 Å². The van der Waals surface area contributed by atoms with Gasteiger partial charge in [-0.15, -0.1) is 5.10 Å². The molecule has 268 valence electrons. The van der Waals surface area contributed by atoms with Crippen molar-refractivity contribution in [1.29, 1.82) is 0 Å². The van der Waals surface area contributed by atoms with Crippen LogP contribution < -0.4 is 15.7 Å². The van der Waals surface area contributed by atoms with E-state index in [9.17, 15) is 14.4 Å². The number of amides is 1. The number of Topliss-reactive ketones (excluding diaryl/α,β-unsaturated/α-hetero) is 1. The Kier molecular flexibility index (Phi) is 12.4. The number of nitrogens with zero attached hydrogens (tertiary/aromatic N) is 3. The van der Waals surface area contributed by atoms with Gasteiger partial charge in [0.05, 0.1) is 11.7 Å². The molecule has 3 aromatic rings. The molecule has 2 aromatic carbocycles. The van der Waals surface area contributed by atoms with E-state index in [0.717, 1.165) is 42.0 Å². The number of carbonyl (C=O) groups is 2. The van der Waals surface area contributed by atoms with Crippen LogP contribution in [0.3, 0.4) is 0 Å². The van der Waals surface area contributed by atoms with E-state index < -0.39 is 35.6 Å². The number of hydrogen-bond acceptors (Lipinski definition) is 8. The molecule has 1 amide bonds. The van der Waals surface area contributed by atoms with Crippen LogP contribution in [0.2, 0.25) is 0 Å². The molecule has 3 unspecified atom stereocenters. The number of anilines is 1. The van der Waals surface area contributed by atoms with E-state index in [-0.39, 0.29) is 47.1 Å². The normalized spacial score (nSPS) is 15.8. The van der Waals surface area contributed by atoms with Crippen molar-refractivity contribution in [3.63, 3.8) is 0 Å². The zero-order valence-electron chi connectivity index (χ0n) is 30.2. The smallest absolute Gasteiger partial charge is 0.412 e. The fourth-order valence-corrected chi connectivity index (χ4v) is 6.17. The van der Waals surface area contributed by atoms with E-state index in [0.29, 0.717) is 17.9 Å². The first-order valence-corrected chi connectivity index (χ1v) is 17.1. The van der Waals surface area contributed by atoms with Crippen molar-refractivity contribution in [2.24, 2.45) is 13.0 Å². The summed E-state index contributed by atoms with van der Waals surface area (Å²) in [5.41, 5.74) is 0.715. The first-order valence-electron chi connectivity index (χ1n) is 17.1. The first kappa shape index (κ1) is 37.8. The van der Waals surface area contributed by atoms with Crippen molar-refractivity contribution >= 4 is 17.6 Å². The van der Waals surface area contributed by atoms with Gasteiger partial charge < -0.3 is 18.9 Å². The van der Waals surface area contributed by atoms with E-state index >= 15 is 4.39 Å². The van der Waals surface area contributed by atoms with Crippen LogP contribution in [-0.2, 0) is 27.7 Å². The van der Waals surface area contributed by atoms with Gasteiger partial charge in [-0.05, 0) is 103 Å². The molecule has 1 aliphatic carbocycles. The average molecular weight is 683 g/mol. The van der Waals surface area contributed by atoms with Crippen LogP contribution in [0.1, 0.15) is 114 Å². The molecule has 1 saturated carbocycles. The standard InChI is InChI=1S/C37H51FN4O7/c1-10-46-25(5)47-24(4)34-40-42(36(45)41(34)9)31-21-33(48-23(3)26-14-12-11-13-15-26)29(20-30(31)38)32(43)19-27-16-17-28(18-22(27)2)39-35(44)49-37(6,7)8/h16-18,20-21,23-26H,10-15,19H2,1-9H3,(H,39,44). The number of nitrogens with one attached hydrogen (secondary N) is 1. The maximum absolute atomic E-state index is 16.0. The number of ketones is 1. The van der Waals surface area contributed by atoms with E-state index in [4.69, 9.17) is 18.9 Å². The second kappa shape index (κ2) is 16.1. The molecule has 1 aromatic heterocycles. The monoisotopic (exact) mass is 682 g/mol. The maximum atomic E-state index is 16.0. The lowest BCUT2D eigenvalue weighted by Gasteiger charge is -2.29. The predicted molar refractivity (Wildman–Crippen MR) is 185 cm³/mol. The van der Waals surface area contributed by atoms with Crippen molar-refractivity contribution in [3.8, 4) is 11.4 Å². The molecule has 0 spiro atoms. The Balaban J connectivity index is 1.67. The maximum Gasteiger partial charge on any atom is 0.412 e. The van der Waals surface area contributed by atoms with E-state index in [1.807, 2.05) is 20.8 Å². The third-order valence-electron chi connectivity index (χ3n) is 8.72. The second-order valence-electron chi connectivity index (χ2n) is 13.8. The molecule has 1 fully saturated rings. The molecule has 0 bridgehead atoms. The average Bonchev–Trinajstić information content (AvgIpc) is 3.32. The van der Waals surface area contributed by atoms with Crippen molar-refractivity contribution in [2.75, 3.05) is 11.9 Å². The lowest BCUT2D eigenvalue weighted by molar-refractivity contribution is -0.156. The number of hydrogen-bond donors (Lipinski definition) is 1. The summed E-state index contributed by atoms with van der Waals surface area (Å²) in [6.07, 6.45) is 3.36. The minimum absolute atomic E-state index is 0.0357. The van der Waals surface area contributed by atoms with Crippen LogP contribution in [0.25, 0.3) is 5.69 Å². The van der Waals surface area contributed by atoms with Crippen molar-refractivity contribution in [2.45, 2.75) is 118 Å². The van der Waals surface area contributed by atoms with Gasteiger partial charge in [0.1, 0.15) is 29.0 Å². The highest BCUT2D eigenvalue weighted by atomic mass is 19.1. The molecule has 11 nitrogen and oxygen atoms in total. The van der Waals surface area contributed by atoms with Gasteiger partial charge in [0.25, 0.3) is 0 Å². The molecular weight excluding hydrogens is 631 g/mol. The fraction of sp³-hybridized carbons (Fsp3) is 0.568. The molecule has 3 atom stereocenters. The Morgan fingerprint density at radius 1 is 1.08 bits per heavy atom. The minimum Gasteiger partial charge on any atom is -0.490 e. The highest BCUT2D eigenvalue weighted by molar-refractivity contribution is 6.00. The van der Waals surface area contributed by atoms with Gasteiger partial charge in [-0.25, -0.2) is 14.0 Å². The van der Waals surface area contributed by atoms with Crippen LogP contribution in [-0.4, -0.2) is 50.8 Å². The zero-order chi connectivity index (χ0) is 36.0. The summed E-state index contributed by atoms with van der Waals surface area (Å²) in [6.45, 7) is 14.9.